The van der Waals surface area contributed by atoms with Crippen LogP contribution in [0, 0.1) is 20.8 Å². The molecule has 1 saturated heterocycles. The van der Waals surface area contributed by atoms with Crippen molar-refractivity contribution in [3.8, 4) is 0 Å². The number of unbranched alkanes of at least 4 members (excludes halogenated alkanes) is 5. The van der Waals surface area contributed by atoms with Gasteiger partial charge in [-0.1, -0.05) is 80.5 Å². The van der Waals surface area contributed by atoms with E-state index in [1.807, 2.05) is 45.0 Å². The lowest BCUT2D eigenvalue weighted by atomic mass is 10.0. The molecule has 0 amide bonds. The number of rotatable bonds is 11. The van der Waals surface area contributed by atoms with Crippen molar-refractivity contribution in [2.75, 3.05) is 0 Å². The molecule has 1 aliphatic rings. The third-order valence-corrected chi connectivity index (χ3v) is 8.64. The van der Waals surface area contributed by atoms with Crippen molar-refractivity contribution in [2.45, 2.75) is 89.6 Å². The summed E-state index contributed by atoms with van der Waals surface area (Å²) in [6.07, 6.45) is 6.95. The van der Waals surface area contributed by atoms with Crippen LogP contribution in [-0.4, -0.2) is 24.5 Å². The number of halogens is 1. The van der Waals surface area contributed by atoms with E-state index < -0.39 is 22.1 Å². The average Bonchev–Trinajstić information content (AvgIpc) is 3.47. The second kappa shape index (κ2) is 10.5. The van der Waals surface area contributed by atoms with Gasteiger partial charge in [-0.25, -0.2) is 8.42 Å². The zero-order valence-electron chi connectivity index (χ0n) is 19.5. The number of Topliss-reactive ketones (excluding diaryl/α,β-unsaturated/α-hetero) is 1. The Morgan fingerprint density at radius 3 is 2.09 bits per heavy atom. The number of hydrogen-bond donors (Lipinski definition) is 0. The molecule has 0 aromatic heterocycles. The lowest BCUT2D eigenvalue weighted by Gasteiger charge is -2.14. The molecular weight excluding hydrogens is 442 g/mol. The van der Waals surface area contributed by atoms with Crippen LogP contribution in [0.3, 0.4) is 0 Å². The maximum absolute atomic E-state index is 13.7. The van der Waals surface area contributed by atoms with Crippen LogP contribution < -0.4 is 0 Å². The van der Waals surface area contributed by atoms with Gasteiger partial charge in [0.2, 0.25) is 10.0 Å². The Kier molecular flexibility index (Phi) is 8.18. The van der Waals surface area contributed by atoms with Crippen LogP contribution in [0.15, 0.2) is 41.3 Å². The van der Waals surface area contributed by atoms with Crippen molar-refractivity contribution in [2.24, 2.45) is 0 Å². The number of sulfonamides is 1. The molecule has 0 saturated carbocycles. The summed E-state index contributed by atoms with van der Waals surface area (Å²) in [5.41, 5.74) is 3.26. The van der Waals surface area contributed by atoms with E-state index in [0.29, 0.717) is 27.5 Å². The standard InChI is InChI=1S/C26H34ClNO3S/c1-5-6-7-8-9-10-11-23(29)25-24(21-12-14-22(27)15-13-21)28(25)32(30,31)26-19(3)16-18(2)17-20(26)4/h12-17,24-25H,5-11H2,1-4H3. The van der Waals surface area contributed by atoms with Gasteiger partial charge in [-0.05, 0) is 56.0 Å². The lowest BCUT2D eigenvalue weighted by molar-refractivity contribution is -0.119. The Hall–Kier alpha value is -1.69. The van der Waals surface area contributed by atoms with Crippen molar-refractivity contribution in [3.63, 3.8) is 0 Å². The molecule has 2 aromatic carbocycles. The Morgan fingerprint density at radius 2 is 1.50 bits per heavy atom. The fourth-order valence-electron chi connectivity index (χ4n) is 4.72. The van der Waals surface area contributed by atoms with Gasteiger partial charge in [0.05, 0.1) is 10.9 Å². The second-order valence-electron chi connectivity index (χ2n) is 8.99. The van der Waals surface area contributed by atoms with Gasteiger partial charge < -0.3 is 0 Å². The maximum Gasteiger partial charge on any atom is 0.244 e. The molecule has 2 aromatic rings. The number of benzene rings is 2. The number of nitrogens with zero attached hydrogens (tertiary/aromatic N) is 1. The van der Waals surface area contributed by atoms with Gasteiger partial charge in [0.15, 0.2) is 5.78 Å². The highest BCUT2D eigenvalue weighted by molar-refractivity contribution is 7.89. The van der Waals surface area contributed by atoms with E-state index >= 15 is 0 Å². The molecule has 3 unspecified atom stereocenters. The Balaban J connectivity index is 1.84. The van der Waals surface area contributed by atoms with E-state index in [0.717, 1.165) is 30.4 Å². The van der Waals surface area contributed by atoms with Gasteiger partial charge in [-0.15, -0.1) is 0 Å². The average molecular weight is 476 g/mol. The minimum atomic E-state index is -3.81. The highest BCUT2D eigenvalue weighted by atomic mass is 35.5. The predicted molar refractivity (Wildman–Crippen MR) is 131 cm³/mol. The zero-order chi connectivity index (χ0) is 23.5. The van der Waals surface area contributed by atoms with E-state index in [-0.39, 0.29) is 5.78 Å². The maximum atomic E-state index is 13.7. The van der Waals surface area contributed by atoms with Crippen LogP contribution in [0.2, 0.25) is 5.02 Å². The van der Waals surface area contributed by atoms with Crippen LogP contribution in [0.5, 0.6) is 0 Å². The van der Waals surface area contributed by atoms with Gasteiger partial charge in [-0.2, -0.15) is 4.31 Å². The Bertz CT molecular complexity index is 1040. The van der Waals surface area contributed by atoms with Gasteiger partial charge in [0.25, 0.3) is 0 Å². The normalized spacial score (nSPS) is 20.3. The Morgan fingerprint density at radius 1 is 0.938 bits per heavy atom. The molecule has 0 spiro atoms. The molecule has 0 bridgehead atoms. The quantitative estimate of drug-likeness (QED) is 0.268. The lowest BCUT2D eigenvalue weighted by Crippen LogP contribution is -2.21. The van der Waals surface area contributed by atoms with Gasteiger partial charge in [0, 0.05) is 11.4 Å². The van der Waals surface area contributed by atoms with Crippen LogP contribution >= 0.6 is 11.6 Å². The summed E-state index contributed by atoms with van der Waals surface area (Å²) in [6, 6.07) is 9.80. The molecule has 3 rings (SSSR count). The first-order valence-electron chi connectivity index (χ1n) is 11.6. The van der Waals surface area contributed by atoms with Crippen molar-refractivity contribution in [1.82, 2.24) is 4.31 Å². The summed E-state index contributed by atoms with van der Waals surface area (Å²) in [5, 5.41) is 0.587. The number of carbonyl (C=O) groups is 1. The summed E-state index contributed by atoms with van der Waals surface area (Å²) in [5.74, 6) is 0.00596. The summed E-state index contributed by atoms with van der Waals surface area (Å²) in [4.78, 5) is 13.4. The molecule has 3 atom stereocenters. The smallest absolute Gasteiger partial charge is 0.244 e. The molecule has 1 aliphatic heterocycles. The minimum Gasteiger partial charge on any atom is -0.298 e. The number of hydrogen-bond acceptors (Lipinski definition) is 3. The first kappa shape index (κ1) is 24.9. The van der Waals surface area contributed by atoms with Crippen LogP contribution in [0.1, 0.15) is 80.2 Å². The summed E-state index contributed by atoms with van der Waals surface area (Å²) >= 11 is 6.04. The van der Waals surface area contributed by atoms with E-state index in [1.165, 1.54) is 23.6 Å². The van der Waals surface area contributed by atoms with Crippen LogP contribution in [-0.2, 0) is 14.8 Å². The van der Waals surface area contributed by atoms with Crippen molar-refractivity contribution in [3.05, 3.63) is 63.7 Å². The SMILES string of the molecule is CCCCCCCCC(=O)C1C(c2ccc(Cl)cc2)N1S(=O)(=O)c1c(C)cc(C)cc1C. The molecule has 1 fully saturated rings. The fraction of sp³-hybridized carbons (Fsp3) is 0.500. The molecule has 0 radical (unpaired) electrons. The van der Waals surface area contributed by atoms with Crippen molar-refractivity contribution in [1.29, 1.82) is 0 Å². The monoisotopic (exact) mass is 475 g/mol. The second-order valence-corrected chi connectivity index (χ2v) is 11.2. The molecule has 0 aliphatic carbocycles. The number of carbonyl (C=O) groups excluding carboxylic acids is 1. The minimum absolute atomic E-state index is 0.00596. The van der Waals surface area contributed by atoms with Crippen molar-refractivity contribution < 1.29 is 13.2 Å². The summed E-state index contributed by atoms with van der Waals surface area (Å²) < 4.78 is 28.8. The van der Waals surface area contributed by atoms with E-state index in [4.69, 9.17) is 11.6 Å². The summed E-state index contributed by atoms with van der Waals surface area (Å²) in [6.45, 7) is 7.78. The first-order valence-corrected chi connectivity index (χ1v) is 13.4. The Labute approximate surface area is 198 Å². The van der Waals surface area contributed by atoms with Crippen LogP contribution in [0.25, 0.3) is 0 Å². The van der Waals surface area contributed by atoms with E-state index in [9.17, 15) is 13.2 Å². The van der Waals surface area contributed by atoms with Gasteiger partial charge in [0.1, 0.15) is 6.04 Å². The zero-order valence-corrected chi connectivity index (χ0v) is 21.1. The predicted octanol–water partition coefficient (Wildman–Crippen LogP) is 6.70. The molecular formula is C26H34ClNO3S. The highest BCUT2D eigenvalue weighted by Crippen LogP contribution is 2.49. The van der Waals surface area contributed by atoms with Gasteiger partial charge >= 0.3 is 0 Å². The topological polar surface area (TPSA) is 54.2 Å². The van der Waals surface area contributed by atoms with E-state index in [1.54, 1.807) is 12.1 Å². The fourth-order valence-corrected chi connectivity index (χ4v) is 7.01. The molecule has 32 heavy (non-hydrogen) atoms. The first-order chi connectivity index (χ1) is 15.2. The summed E-state index contributed by atoms with van der Waals surface area (Å²) in [7, 11) is -3.81. The number of aryl methyl sites for hydroxylation is 3. The largest absolute Gasteiger partial charge is 0.298 e. The van der Waals surface area contributed by atoms with Gasteiger partial charge in [-0.3, -0.25) is 4.79 Å². The van der Waals surface area contributed by atoms with Crippen LogP contribution in [0.4, 0.5) is 0 Å². The molecule has 174 valence electrons. The third-order valence-electron chi connectivity index (χ3n) is 6.22. The third kappa shape index (κ3) is 5.44. The van der Waals surface area contributed by atoms with Crippen molar-refractivity contribution >= 4 is 27.4 Å². The van der Waals surface area contributed by atoms with E-state index in [2.05, 4.69) is 6.92 Å². The molecule has 4 nitrogen and oxygen atoms in total. The molecule has 0 N–H and O–H groups in total. The highest BCUT2D eigenvalue weighted by Gasteiger charge is 2.59. The molecule has 6 heteroatoms. The number of ketones is 1. The molecule has 1 heterocycles.